The van der Waals surface area contributed by atoms with Crippen LogP contribution in [0, 0.1) is 0 Å². The summed E-state index contributed by atoms with van der Waals surface area (Å²) < 4.78 is 32.7. The van der Waals surface area contributed by atoms with Gasteiger partial charge in [0.25, 0.3) is 5.91 Å². The Morgan fingerprint density at radius 1 is 1.25 bits per heavy atom. The average Bonchev–Trinajstić information content (AvgIpc) is 2.90. The number of amides is 1. The van der Waals surface area contributed by atoms with Gasteiger partial charge in [0, 0.05) is 36.9 Å². The fourth-order valence-corrected chi connectivity index (χ4v) is 4.44. The first-order valence-corrected chi connectivity index (χ1v) is 8.74. The second kappa shape index (κ2) is 5.25. The van der Waals surface area contributed by atoms with Crippen molar-refractivity contribution < 1.29 is 18.3 Å². The molecule has 1 N–H and O–H groups in total. The van der Waals surface area contributed by atoms with E-state index in [1.807, 2.05) is 13.8 Å². The zero-order chi connectivity index (χ0) is 17.1. The van der Waals surface area contributed by atoms with Crippen LogP contribution in [0.3, 0.4) is 0 Å². The Hall–Kier alpha value is -1.50. The molecule has 4 rings (SSSR count). The maximum absolute atomic E-state index is 13.5. The molecule has 0 unspecified atom stereocenters. The van der Waals surface area contributed by atoms with E-state index in [-0.39, 0.29) is 36.5 Å². The number of aromatic nitrogens is 2. The highest BCUT2D eigenvalue weighted by atomic mass is 19.3. The number of nitrogens with zero attached hydrogens (tertiary/aromatic N) is 2. The normalized spacial score (nSPS) is 30.8. The van der Waals surface area contributed by atoms with Crippen molar-refractivity contribution in [1.29, 1.82) is 0 Å². The number of likely N-dealkylation sites (tertiary alicyclic amines) is 1. The van der Waals surface area contributed by atoms with E-state index in [4.69, 9.17) is 4.74 Å². The summed E-state index contributed by atoms with van der Waals surface area (Å²) in [5, 5.41) is 7.19. The molecule has 2 fully saturated rings. The fraction of sp³-hybridized carbons (Fsp3) is 0.765. The molecule has 5 nitrogen and oxygen atoms in total. The standard InChI is InChI=1S/C17H23F2N3O2/c1-10-9-12-13(11(2)24-10)20-21-14(12)15(23)22-8-7-16(22)3-5-17(18,19)6-4-16/h10-11H,3-9H2,1-2H3,(H,20,21)/t10-,11+/m1/s1. The third-order valence-corrected chi connectivity index (χ3v) is 5.97. The van der Waals surface area contributed by atoms with E-state index in [0.29, 0.717) is 31.5 Å². The molecular formula is C17H23F2N3O2. The Bertz CT molecular complexity index is 663. The summed E-state index contributed by atoms with van der Waals surface area (Å²) in [5.41, 5.74) is 1.85. The molecule has 0 radical (unpaired) electrons. The van der Waals surface area contributed by atoms with Crippen LogP contribution in [0.4, 0.5) is 8.78 Å². The zero-order valence-corrected chi connectivity index (χ0v) is 14.1. The first kappa shape index (κ1) is 16.0. The van der Waals surface area contributed by atoms with Gasteiger partial charge in [0.05, 0.1) is 17.9 Å². The molecule has 1 aliphatic carbocycles. The topological polar surface area (TPSA) is 58.2 Å². The van der Waals surface area contributed by atoms with Crippen LogP contribution in [0.1, 0.15) is 73.8 Å². The molecule has 1 spiro atoms. The maximum Gasteiger partial charge on any atom is 0.275 e. The van der Waals surface area contributed by atoms with E-state index < -0.39 is 5.92 Å². The van der Waals surface area contributed by atoms with Gasteiger partial charge in [0.1, 0.15) is 0 Å². The van der Waals surface area contributed by atoms with E-state index in [9.17, 15) is 13.6 Å². The summed E-state index contributed by atoms with van der Waals surface area (Å²) in [6.45, 7) is 4.55. The van der Waals surface area contributed by atoms with Gasteiger partial charge >= 0.3 is 0 Å². The number of nitrogens with one attached hydrogen (secondary N) is 1. The highest BCUT2D eigenvalue weighted by Gasteiger charge is 2.53. The Kier molecular flexibility index (Phi) is 3.50. The van der Waals surface area contributed by atoms with Crippen molar-refractivity contribution >= 4 is 5.91 Å². The van der Waals surface area contributed by atoms with Crippen molar-refractivity contribution in [1.82, 2.24) is 15.1 Å². The van der Waals surface area contributed by atoms with Crippen LogP contribution >= 0.6 is 0 Å². The van der Waals surface area contributed by atoms with Crippen molar-refractivity contribution in [3.8, 4) is 0 Å². The number of H-pyrrole nitrogens is 1. The molecule has 2 aliphatic heterocycles. The van der Waals surface area contributed by atoms with Crippen LogP contribution in [0.5, 0.6) is 0 Å². The Morgan fingerprint density at radius 2 is 1.96 bits per heavy atom. The quantitative estimate of drug-likeness (QED) is 0.855. The van der Waals surface area contributed by atoms with E-state index >= 15 is 0 Å². The number of aromatic amines is 1. The predicted molar refractivity (Wildman–Crippen MR) is 83.1 cm³/mol. The summed E-state index contributed by atoms with van der Waals surface area (Å²) in [6.07, 6.45) is 1.90. The van der Waals surface area contributed by atoms with Gasteiger partial charge in [-0.1, -0.05) is 0 Å². The van der Waals surface area contributed by atoms with Gasteiger partial charge in [-0.15, -0.1) is 0 Å². The second-order valence-corrected chi connectivity index (χ2v) is 7.54. The third kappa shape index (κ3) is 2.36. The highest BCUT2D eigenvalue weighted by Crippen LogP contribution is 2.48. The van der Waals surface area contributed by atoms with E-state index in [1.165, 1.54) is 0 Å². The van der Waals surface area contributed by atoms with Crippen LogP contribution < -0.4 is 0 Å². The van der Waals surface area contributed by atoms with Crippen LogP contribution in [-0.2, 0) is 11.2 Å². The van der Waals surface area contributed by atoms with Gasteiger partial charge in [-0.3, -0.25) is 9.89 Å². The second-order valence-electron chi connectivity index (χ2n) is 7.54. The van der Waals surface area contributed by atoms with Gasteiger partial charge in [0.2, 0.25) is 5.92 Å². The minimum Gasteiger partial charge on any atom is -0.369 e. The lowest BCUT2D eigenvalue weighted by molar-refractivity contribution is -0.104. The van der Waals surface area contributed by atoms with Gasteiger partial charge in [-0.2, -0.15) is 5.10 Å². The molecule has 0 bridgehead atoms. The molecule has 1 saturated heterocycles. The third-order valence-electron chi connectivity index (χ3n) is 5.97. The SMILES string of the molecule is C[C@@H]1Cc2c(C(=O)N3CCC34CCC(F)(F)CC4)n[nH]c2[C@H](C)O1. The molecule has 1 aromatic rings. The van der Waals surface area contributed by atoms with Gasteiger partial charge in [0.15, 0.2) is 5.69 Å². The zero-order valence-electron chi connectivity index (χ0n) is 14.1. The summed E-state index contributed by atoms with van der Waals surface area (Å²) in [6, 6.07) is 0. The first-order chi connectivity index (χ1) is 11.3. The van der Waals surface area contributed by atoms with Crippen LogP contribution in [0.25, 0.3) is 0 Å². The summed E-state index contributed by atoms with van der Waals surface area (Å²) in [7, 11) is 0. The van der Waals surface area contributed by atoms with Crippen molar-refractivity contribution in [2.24, 2.45) is 0 Å². The van der Waals surface area contributed by atoms with Crippen LogP contribution in [-0.4, -0.2) is 45.1 Å². The number of fused-ring (bicyclic) bond motifs is 1. The molecular weight excluding hydrogens is 316 g/mol. The highest BCUT2D eigenvalue weighted by molar-refractivity contribution is 5.95. The number of halogens is 2. The molecule has 3 aliphatic rings. The summed E-state index contributed by atoms with van der Waals surface area (Å²) in [5.74, 6) is -2.70. The number of carbonyl (C=O) groups excluding carboxylic acids is 1. The molecule has 7 heteroatoms. The van der Waals surface area contributed by atoms with E-state index in [0.717, 1.165) is 17.7 Å². The van der Waals surface area contributed by atoms with Gasteiger partial charge < -0.3 is 9.64 Å². The minimum atomic E-state index is -2.58. The number of alkyl halides is 2. The molecule has 1 aromatic heterocycles. The number of rotatable bonds is 1. The van der Waals surface area contributed by atoms with Crippen LogP contribution in [0.15, 0.2) is 0 Å². The lowest BCUT2D eigenvalue weighted by Gasteiger charge is -2.55. The molecule has 2 atom stereocenters. The van der Waals surface area contributed by atoms with Crippen molar-refractivity contribution in [2.75, 3.05) is 6.54 Å². The molecule has 1 saturated carbocycles. The van der Waals surface area contributed by atoms with Crippen molar-refractivity contribution in [3.63, 3.8) is 0 Å². The van der Waals surface area contributed by atoms with E-state index in [1.54, 1.807) is 4.90 Å². The Morgan fingerprint density at radius 3 is 2.58 bits per heavy atom. The summed E-state index contributed by atoms with van der Waals surface area (Å²) >= 11 is 0. The van der Waals surface area contributed by atoms with Crippen LogP contribution in [0.2, 0.25) is 0 Å². The lowest BCUT2D eigenvalue weighted by Crippen LogP contribution is -2.64. The Balaban J connectivity index is 1.57. The Labute approximate surface area is 139 Å². The smallest absolute Gasteiger partial charge is 0.275 e. The first-order valence-electron chi connectivity index (χ1n) is 8.74. The monoisotopic (exact) mass is 339 g/mol. The lowest BCUT2D eigenvalue weighted by atomic mass is 9.71. The fourth-order valence-electron chi connectivity index (χ4n) is 4.44. The largest absolute Gasteiger partial charge is 0.369 e. The molecule has 0 aromatic carbocycles. The molecule has 1 amide bonds. The summed E-state index contributed by atoms with van der Waals surface area (Å²) in [4.78, 5) is 14.8. The minimum absolute atomic E-state index is 0.0374. The van der Waals surface area contributed by atoms with Gasteiger partial charge in [-0.05, 0) is 33.1 Å². The number of hydrogen-bond donors (Lipinski definition) is 1. The number of carbonyl (C=O) groups is 1. The predicted octanol–water partition coefficient (Wildman–Crippen LogP) is 3.23. The molecule has 24 heavy (non-hydrogen) atoms. The van der Waals surface area contributed by atoms with Crippen molar-refractivity contribution in [3.05, 3.63) is 17.0 Å². The van der Waals surface area contributed by atoms with Crippen molar-refractivity contribution in [2.45, 2.75) is 76.0 Å². The van der Waals surface area contributed by atoms with Gasteiger partial charge in [-0.25, -0.2) is 8.78 Å². The van der Waals surface area contributed by atoms with E-state index in [2.05, 4.69) is 10.2 Å². The number of ether oxygens (including phenoxy) is 1. The molecule has 132 valence electrons. The number of hydrogen-bond acceptors (Lipinski definition) is 3. The average molecular weight is 339 g/mol. The molecule has 3 heterocycles. The maximum atomic E-state index is 13.5.